The highest BCUT2D eigenvalue weighted by atomic mass is 16.7. The zero-order valence-corrected chi connectivity index (χ0v) is 6.46. The van der Waals surface area contributed by atoms with Gasteiger partial charge in [0, 0.05) is 6.92 Å². The Morgan fingerprint density at radius 3 is 2.82 bits per heavy atom. The number of cyclic esters (lactones) is 1. The third kappa shape index (κ3) is 0.862. The summed E-state index contributed by atoms with van der Waals surface area (Å²) in [5.41, 5.74) is -0.473. The minimum atomic E-state index is -1.43. The Labute approximate surface area is 64.1 Å². The van der Waals surface area contributed by atoms with Crippen LogP contribution in [0.4, 0.5) is 0 Å². The normalized spacial score (nSPS) is 54.8. The second-order valence-corrected chi connectivity index (χ2v) is 3.52. The van der Waals surface area contributed by atoms with Gasteiger partial charge in [-0.2, -0.15) is 0 Å². The van der Waals surface area contributed by atoms with Gasteiger partial charge in [0.05, 0.1) is 6.42 Å². The van der Waals surface area contributed by atoms with Gasteiger partial charge in [-0.3, -0.25) is 4.79 Å². The summed E-state index contributed by atoms with van der Waals surface area (Å²) in [6, 6.07) is 0. The zero-order valence-electron chi connectivity index (χ0n) is 6.46. The summed E-state index contributed by atoms with van der Waals surface area (Å²) < 4.78 is 9.84. The van der Waals surface area contributed by atoms with E-state index in [0.717, 1.165) is 0 Å². The van der Waals surface area contributed by atoms with E-state index >= 15 is 0 Å². The fourth-order valence-corrected chi connectivity index (χ4v) is 1.65. The van der Waals surface area contributed by atoms with Crippen molar-refractivity contribution in [2.45, 2.75) is 37.8 Å². The Hall–Kier alpha value is -0.610. The van der Waals surface area contributed by atoms with Crippen LogP contribution in [0.1, 0.15) is 20.3 Å². The van der Waals surface area contributed by atoms with E-state index < -0.39 is 17.4 Å². The topological polar surface area (TPSA) is 59.1 Å². The Balaban J connectivity index is 2.24. The van der Waals surface area contributed by atoms with Crippen molar-refractivity contribution in [1.82, 2.24) is 0 Å². The molecule has 2 rings (SSSR count). The lowest BCUT2D eigenvalue weighted by atomic mass is 9.96. The second kappa shape index (κ2) is 1.59. The second-order valence-electron chi connectivity index (χ2n) is 3.52. The molecule has 2 aliphatic rings. The fourth-order valence-electron chi connectivity index (χ4n) is 1.65. The van der Waals surface area contributed by atoms with E-state index in [0.29, 0.717) is 0 Å². The summed E-state index contributed by atoms with van der Waals surface area (Å²) in [6.45, 7) is 3.24. The Morgan fingerprint density at radius 2 is 2.27 bits per heavy atom. The largest absolute Gasteiger partial charge is 0.430 e. The van der Waals surface area contributed by atoms with Crippen molar-refractivity contribution >= 4 is 5.97 Å². The van der Waals surface area contributed by atoms with E-state index in [-0.39, 0.29) is 12.5 Å². The van der Waals surface area contributed by atoms with Crippen LogP contribution >= 0.6 is 0 Å². The maximum Gasteiger partial charge on any atom is 0.311 e. The summed E-state index contributed by atoms with van der Waals surface area (Å²) in [5, 5.41) is 9.45. The Kier molecular flexibility index (Phi) is 1.02. The first-order valence-electron chi connectivity index (χ1n) is 3.56. The molecule has 0 saturated carbocycles. The maximum atomic E-state index is 10.9. The molecule has 2 fully saturated rings. The standard InChI is InChI=1S/C7H10O4/c1-6-3-4(8)10-7(2,9)5(6)11-6/h5,9H,3H2,1-2H3. The number of aliphatic hydroxyl groups is 1. The minimum absolute atomic E-state index is 0.244. The highest BCUT2D eigenvalue weighted by Gasteiger charge is 2.67. The van der Waals surface area contributed by atoms with Gasteiger partial charge in [0.25, 0.3) is 0 Å². The summed E-state index contributed by atoms with van der Waals surface area (Å²) in [4.78, 5) is 10.9. The van der Waals surface area contributed by atoms with Gasteiger partial charge in [0.2, 0.25) is 5.79 Å². The van der Waals surface area contributed by atoms with E-state index in [2.05, 4.69) is 4.74 Å². The molecule has 3 unspecified atom stereocenters. The van der Waals surface area contributed by atoms with Crippen molar-refractivity contribution in [3.63, 3.8) is 0 Å². The van der Waals surface area contributed by atoms with Crippen LogP contribution in [0.25, 0.3) is 0 Å². The van der Waals surface area contributed by atoms with Crippen molar-refractivity contribution in [3.8, 4) is 0 Å². The Morgan fingerprint density at radius 1 is 1.64 bits per heavy atom. The molecule has 4 nitrogen and oxygen atoms in total. The van der Waals surface area contributed by atoms with Gasteiger partial charge in [-0.15, -0.1) is 0 Å². The molecule has 0 aromatic heterocycles. The number of fused-ring (bicyclic) bond motifs is 1. The van der Waals surface area contributed by atoms with Gasteiger partial charge in [-0.1, -0.05) is 0 Å². The predicted molar refractivity (Wildman–Crippen MR) is 34.6 cm³/mol. The summed E-state index contributed by atoms with van der Waals surface area (Å²) in [7, 11) is 0. The van der Waals surface area contributed by atoms with Gasteiger partial charge >= 0.3 is 5.97 Å². The quantitative estimate of drug-likeness (QED) is 0.392. The number of ether oxygens (including phenoxy) is 2. The lowest BCUT2D eigenvalue weighted by molar-refractivity contribution is -0.214. The van der Waals surface area contributed by atoms with Gasteiger partial charge < -0.3 is 14.6 Å². The molecule has 2 heterocycles. The minimum Gasteiger partial charge on any atom is -0.430 e. The van der Waals surface area contributed by atoms with Crippen LogP contribution in [0.2, 0.25) is 0 Å². The smallest absolute Gasteiger partial charge is 0.311 e. The number of carbonyl (C=O) groups is 1. The van der Waals surface area contributed by atoms with Crippen molar-refractivity contribution in [3.05, 3.63) is 0 Å². The molecular weight excluding hydrogens is 148 g/mol. The number of hydrogen-bond acceptors (Lipinski definition) is 4. The van der Waals surface area contributed by atoms with Crippen molar-refractivity contribution in [2.24, 2.45) is 0 Å². The average Bonchev–Trinajstić information content (AvgIpc) is 2.37. The molecule has 0 bridgehead atoms. The first kappa shape index (κ1) is 7.06. The van der Waals surface area contributed by atoms with Gasteiger partial charge in [0.15, 0.2) is 6.10 Å². The third-order valence-corrected chi connectivity index (χ3v) is 2.19. The third-order valence-electron chi connectivity index (χ3n) is 2.19. The van der Waals surface area contributed by atoms with Crippen LogP contribution in [0.5, 0.6) is 0 Å². The van der Waals surface area contributed by atoms with E-state index in [1.165, 1.54) is 6.92 Å². The van der Waals surface area contributed by atoms with Crippen LogP contribution in [0.3, 0.4) is 0 Å². The number of esters is 1. The molecule has 0 spiro atoms. The first-order valence-corrected chi connectivity index (χ1v) is 3.56. The molecular formula is C7H10O4. The summed E-state index contributed by atoms with van der Waals surface area (Å²) >= 11 is 0. The predicted octanol–water partition coefficient (Wildman–Crippen LogP) is -0.201. The van der Waals surface area contributed by atoms with E-state index in [1.54, 1.807) is 6.92 Å². The molecule has 4 heteroatoms. The number of epoxide rings is 1. The van der Waals surface area contributed by atoms with Crippen molar-refractivity contribution in [2.75, 3.05) is 0 Å². The van der Waals surface area contributed by atoms with E-state index in [9.17, 15) is 9.90 Å². The molecule has 11 heavy (non-hydrogen) atoms. The molecule has 3 atom stereocenters. The van der Waals surface area contributed by atoms with Crippen LogP contribution < -0.4 is 0 Å². The SMILES string of the molecule is CC1(O)OC(=O)CC2(C)OC12. The van der Waals surface area contributed by atoms with Crippen molar-refractivity contribution < 1.29 is 19.4 Å². The van der Waals surface area contributed by atoms with Crippen molar-refractivity contribution in [1.29, 1.82) is 0 Å². The van der Waals surface area contributed by atoms with Gasteiger partial charge in [-0.05, 0) is 6.92 Å². The molecule has 2 saturated heterocycles. The van der Waals surface area contributed by atoms with E-state index in [4.69, 9.17) is 4.74 Å². The molecule has 0 aliphatic carbocycles. The van der Waals surface area contributed by atoms with Crippen LogP contribution in [0.15, 0.2) is 0 Å². The Bertz CT molecular complexity index is 222. The first-order chi connectivity index (χ1) is 4.94. The van der Waals surface area contributed by atoms with Crippen LogP contribution in [-0.2, 0) is 14.3 Å². The van der Waals surface area contributed by atoms with Crippen LogP contribution in [0, 0.1) is 0 Å². The number of hydrogen-bond donors (Lipinski definition) is 1. The molecule has 2 aliphatic heterocycles. The van der Waals surface area contributed by atoms with Crippen LogP contribution in [-0.4, -0.2) is 28.6 Å². The van der Waals surface area contributed by atoms with E-state index in [1.807, 2.05) is 0 Å². The summed E-state index contributed by atoms with van der Waals surface area (Å²) in [5.74, 6) is -1.82. The molecule has 0 radical (unpaired) electrons. The number of rotatable bonds is 0. The highest BCUT2D eigenvalue weighted by molar-refractivity contribution is 5.73. The maximum absolute atomic E-state index is 10.9. The average molecular weight is 158 g/mol. The highest BCUT2D eigenvalue weighted by Crippen LogP contribution is 2.49. The lowest BCUT2D eigenvalue weighted by Gasteiger charge is -2.26. The molecule has 0 amide bonds. The molecule has 62 valence electrons. The monoisotopic (exact) mass is 158 g/mol. The lowest BCUT2D eigenvalue weighted by Crippen LogP contribution is -2.45. The zero-order chi connectivity index (χ0) is 8.28. The fraction of sp³-hybridized carbons (Fsp3) is 0.857. The molecule has 0 aromatic carbocycles. The van der Waals surface area contributed by atoms with Gasteiger partial charge in [0.1, 0.15) is 5.60 Å². The van der Waals surface area contributed by atoms with Gasteiger partial charge in [-0.25, -0.2) is 0 Å². The molecule has 1 N–H and O–H groups in total. The number of carbonyl (C=O) groups excluding carboxylic acids is 1. The molecule has 0 aromatic rings. The summed E-state index contributed by atoms with van der Waals surface area (Å²) in [6.07, 6.45) is -0.0962.